The Kier molecular flexibility index (Phi) is 4.56. The second-order valence-corrected chi connectivity index (χ2v) is 6.14. The minimum absolute atomic E-state index is 0.331. The lowest BCUT2D eigenvalue weighted by molar-refractivity contribution is -0.00295. The van der Waals surface area contributed by atoms with Crippen LogP contribution in [0.4, 0.5) is 0 Å². The Hall–Kier alpha value is -0.600. The average molecular weight is 238 g/mol. The Bertz CT molecular complexity index is 305. The molecule has 0 aromatic carbocycles. The Morgan fingerprint density at radius 3 is 2.47 bits per heavy atom. The van der Waals surface area contributed by atoms with Gasteiger partial charge in [0.05, 0.1) is 11.2 Å². The molecule has 0 spiro atoms. The largest absolute Gasteiger partial charge is 0.390 e. The summed E-state index contributed by atoms with van der Waals surface area (Å²) >= 11 is 0. The van der Waals surface area contributed by atoms with Crippen LogP contribution in [0.1, 0.15) is 53.4 Å². The number of allylic oxidation sites excluding steroid dienone is 2. The monoisotopic (exact) mass is 238 g/mol. The highest BCUT2D eigenvalue weighted by Gasteiger charge is 2.31. The summed E-state index contributed by atoms with van der Waals surface area (Å²) in [7, 11) is 0. The van der Waals surface area contributed by atoms with Crippen LogP contribution in [0, 0.1) is 5.92 Å². The highest BCUT2D eigenvalue weighted by molar-refractivity contribution is 5.07. The highest BCUT2D eigenvalue weighted by atomic mass is 16.3. The van der Waals surface area contributed by atoms with Crippen molar-refractivity contribution < 1.29 is 10.2 Å². The SMILES string of the molecule is CC1=CCC(C(C)(O)CC=CC(C)(C)O)CC1. The molecule has 1 aliphatic carbocycles. The fourth-order valence-electron chi connectivity index (χ4n) is 2.28. The standard InChI is InChI=1S/C15H26O2/c1-12-6-8-13(9-7-12)15(4,17)11-5-10-14(2,3)16/h5-6,10,13,16-17H,7-9,11H2,1-4H3. The van der Waals surface area contributed by atoms with Crippen LogP contribution in [-0.2, 0) is 0 Å². The normalized spacial score (nSPS) is 25.8. The van der Waals surface area contributed by atoms with Gasteiger partial charge >= 0.3 is 0 Å². The van der Waals surface area contributed by atoms with Crippen molar-refractivity contribution in [1.82, 2.24) is 0 Å². The quantitative estimate of drug-likeness (QED) is 0.738. The molecule has 17 heavy (non-hydrogen) atoms. The molecular weight excluding hydrogens is 212 g/mol. The first-order valence-electron chi connectivity index (χ1n) is 6.49. The van der Waals surface area contributed by atoms with Crippen molar-refractivity contribution >= 4 is 0 Å². The van der Waals surface area contributed by atoms with Gasteiger partial charge in [0, 0.05) is 0 Å². The third-order valence-electron chi connectivity index (χ3n) is 3.57. The van der Waals surface area contributed by atoms with Gasteiger partial charge in [-0.25, -0.2) is 0 Å². The van der Waals surface area contributed by atoms with E-state index < -0.39 is 11.2 Å². The maximum absolute atomic E-state index is 10.5. The van der Waals surface area contributed by atoms with Gasteiger partial charge in [-0.15, -0.1) is 0 Å². The second-order valence-electron chi connectivity index (χ2n) is 6.14. The molecule has 0 heterocycles. The van der Waals surface area contributed by atoms with Crippen LogP contribution >= 0.6 is 0 Å². The number of hydrogen-bond donors (Lipinski definition) is 2. The summed E-state index contributed by atoms with van der Waals surface area (Å²) in [4.78, 5) is 0. The number of rotatable bonds is 4. The molecule has 98 valence electrons. The molecule has 0 saturated carbocycles. The van der Waals surface area contributed by atoms with E-state index in [1.165, 1.54) is 5.57 Å². The first-order chi connectivity index (χ1) is 7.71. The van der Waals surface area contributed by atoms with Gasteiger partial charge in [0.25, 0.3) is 0 Å². The minimum Gasteiger partial charge on any atom is -0.390 e. The molecule has 2 atom stereocenters. The summed E-state index contributed by atoms with van der Waals surface area (Å²) in [5, 5.41) is 20.0. The molecule has 1 rings (SSSR count). The fourth-order valence-corrected chi connectivity index (χ4v) is 2.28. The van der Waals surface area contributed by atoms with Crippen LogP contribution in [0.5, 0.6) is 0 Å². The molecule has 2 unspecified atom stereocenters. The van der Waals surface area contributed by atoms with E-state index in [4.69, 9.17) is 0 Å². The van der Waals surface area contributed by atoms with Crippen molar-refractivity contribution in [1.29, 1.82) is 0 Å². The third kappa shape index (κ3) is 5.05. The summed E-state index contributed by atoms with van der Waals surface area (Å²) < 4.78 is 0. The van der Waals surface area contributed by atoms with E-state index in [9.17, 15) is 10.2 Å². The first kappa shape index (κ1) is 14.5. The zero-order valence-corrected chi connectivity index (χ0v) is 11.5. The summed E-state index contributed by atoms with van der Waals surface area (Å²) in [6, 6.07) is 0. The second kappa shape index (κ2) is 5.36. The van der Waals surface area contributed by atoms with Crippen molar-refractivity contribution in [3.8, 4) is 0 Å². The molecule has 0 aromatic heterocycles. The van der Waals surface area contributed by atoms with Crippen molar-refractivity contribution in [3.05, 3.63) is 23.8 Å². The molecule has 0 radical (unpaired) electrons. The van der Waals surface area contributed by atoms with Crippen LogP contribution in [0.3, 0.4) is 0 Å². The van der Waals surface area contributed by atoms with E-state index in [1.54, 1.807) is 19.9 Å². The highest BCUT2D eigenvalue weighted by Crippen LogP contribution is 2.34. The molecule has 0 amide bonds. The van der Waals surface area contributed by atoms with Gasteiger partial charge in [0.1, 0.15) is 0 Å². The van der Waals surface area contributed by atoms with Gasteiger partial charge < -0.3 is 10.2 Å². The van der Waals surface area contributed by atoms with E-state index in [0.717, 1.165) is 19.3 Å². The van der Waals surface area contributed by atoms with Gasteiger partial charge in [0.2, 0.25) is 0 Å². The van der Waals surface area contributed by atoms with E-state index in [2.05, 4.69) is 13.0 Å². The van der Waals surface area contributed by atoms with E-state index in [0.29, 0.717) is 12.3 Å². The van der Waals surface area contributed by atoms with Crippen molar-refractivity contribution in [3.63, 3.8) is 0 Å². The van der Waals surface area contributed by atoms with Crippen LogP contribution in [0.2, 0.25) is 0 Å². The summed E-state index contributed by atoms with van der Waals surface area (Å²) in [5.41, 5.74) is -0.0259. The van der Waals surface area contributed by atoms with Crippen LogP contribution < -0.4 is 0 Å². The Balaban J connectivity index is 2.54. The zero-order valence-electron chi connectivity index (χ0n) is 11.5. The predicted molar refractivity (Wildman–Crippen MR) is 71.8 cm³/mol. The molecule has 0 bridgehead atoms. The maximum Gasteiger partial charge on any atom is 0.0771 e. The van der Waals surface area contributed by atoms with E-state index in [1.807, 2.05) is 13.0 Å². The Morgan fingerprint density at radius 2 is 2.00 bits per heavy atom. The van der Waals surface area contributed by atoms with Crippen molar-refractivity contribution in [2.75, 3.05) is 0 Å². The van der Waals surface area contributed by atoms with Gasteiger partial charge in [0.15, 0.2) is 0 Å². The van der Waals surface area contributed by atoms with Crippen LogP contribution in [0.15, 0.2) is 23.8 Å². The topological polar surface area (TPSA) is 40.5 Å². The summed E-state index contributed by atoms with van der Waals surface area (Å²) in [5.74, 6) is 0.331. The lowest BCUT2D eigenvalue weighted by Gasteiger charge is -2.34. The van der Waals surface area contributed by atoms with E-state index in [-0.39, 0.29) is 0 Å². The smallest absolute Gasteiger partial charge is 0.0771 e. The molecule has 2 heteroatoms. The summed E-state index contributed by atoms with van der Waals surface area (Å²) in [6.45, 7) is 7.54. The first-order valence-corrected chi connectivity index (χ1v) is 6.49. The van der Waals surface area contributed by atoms with Gasteiger partial charge in [-0.1, -0.05) is 23.8 Å². The fraction of sp³-hybridized carbons (Fsp3) is 0.733. The number of hydrogen-bond acceptors (Lipinski definition) is 2. The van der Waals surface area contributed by atoms with Gasteiger partial charge in [-0.2, -0.15) is 0 Å². The van der Waals surface area contributed by atoms with Crippen LogP contribution in [-0.4, -0.2) is 21.4 Å². The summed E-state index contributed by atoms with van der Waals surface area (Å²) in [6.07, 6.45) is 9.62. The Labute approximate surface area is 105 Å². The zero-order chi connectivity index (χ0) is 13.1. The minimum atomic E-state index is -0.793. The lowest BCUT2D eigenvalue weighted by atomic mass is 9.77. The maximum atomic E-state index is 10.5. The molecule has 0 fully saturated rings. The molecule has 0 aromatic rings. The van der Waals surface area contributed by atoms with Crippen molar-refractivity contribution in [2.45, 2.75) is 64.6 Å². The third-order valence-corrected chi connectivity index (χ3v) is 3.57. The predicted octanol–water partition coefficient (Wildman–Crippen LogP) is 3.20. The van der Waals surface area contributed by atoms with Gasteiger partial charge in [-0.3, -0.25) is 0 Å². The lowest BCUT2D eigenvalue weighted by Crippen LogP contribution is -2.35. The molecule has 0 aliphatic heterocycles. The molecule has 0 saturated heterocycles. The molecule has 2 N–H and O–H groups in total. The van der Waals surface area contributed by atoms with E-state index >= 15 is 0 Å². The molecule has 2 nitrogen and oxygen atoms in total. The molecular formula is C15H26O2. The Morgan fingerprint density at radius 1 is 1.35 bits per heavy atom. The van der Waals surface area contributed by atoms with Gasteiger partial charge in [-0.05, 0) is 59.3 Å². The molecule has 1 aliphatic rings. The number of aliphatic hydroxyl groups is 2. The average Bonchev–Trinajstić information content (AvgIpc) is 2.15. The van der Waals surface area contributed by atoms with Crippen molar-refractivity contribution in [2.24, 2.45) is 5.92 Å². The van der Waals surface area contributed by atoms with Crippen LogP contribution in [0.25, 0.3) is 0 Å².